The Labute approximate surface area is 120 Å². The van der Waals surface area contributed by atoms with Gasteiger partial charge in [-0.05, 0) is 24.1 Å². The molecule has 0 aliphatic rings. The summed E-state index contributed by atoms with van der Waals surface area (Å²) < 4.78 is 50.4. The Kier molecular flexibility index (Phi) is 4.21. The largest absolute Gasteiger partial charge is 0.481 e. The molecule has 0 fully saturated rings. The van der Waals surface area contributed by atoms with Gasteiger partial charge in [-0.3, -0.25) is 4.79 Å². The molecule has 2 rings (SSSR count). The van der Waals surface area contributed by atoms with Crippen LogP contribution in [0.3, 0.4) is 0 Å². The molecule has 1 aromatic heterocycles. The highest BCUT2D eigenvalue weighted by Crippen LogP contribution is 2.34. The van der Waals surface area contributed by atoms with Crippen molar-refractivity contribution in [1.82, 2.24) is 10.2 Å². The van der Waals surface area contributed by atoms with Crippen molar-refractivity contribution in [2.75, 3.05) is 0 Å². The van der Waals surface area contributed by atoms with E-state index in [2.05, 4.69) is 10.2 Å². The number of hydrogen-bond acceptors (Lipinski definition) is 4. The average Bonchev–Trinajstić information content (AvgIpc) is 2.84. The third-order valence-electron chi connectivity index (χ3n) is 2.61. The number of benzene rings is 1. The summed E-state index contributed by atoms with van der Waals surface area (Å²) in [6.45, 7) is 0. The summed E-state index contributed by atoms with van der Waals surface area (Å²) in [6.07, 6.45) is -4.84. The molecule has 0 radical (unpaired) electrons. The number of aromatic nitrogens is 2. The maximum atomic E-state index is 13.1. The molecule has 1 atom stereocenters. The lowest BCUT2D eigenvalue weighted by molar-refractivity contribution is -0.139. The van der Waals surface area contributed by atoms with Crippen LogP contribution < -0.4 is 0 Å². The normalized spacial score (nSPS) is 13.1. The molecule has 112 valence electrons. The van der Waals surface area contributed by atoms with E-state index in [-0.39, 0.29) is 22.8 Å². The number of rotatable bonds is 4. The van der Waals surface area contributed by atoms with Crippen molar-refractivity contribution in [2.24, 2.45) is 0 Å². The molecule has 1 N–H and O–H groups in total. The van der Waals surface area contributed by atoms with E-state index in [9.17, 15) is 22.4 Å². The molecule has 0 aliphatic heterocycles. The Morgan fingerprint density at radius 2 is 2.05 bits per heavy atom. The minimum absolute atomic E-state index is 0.167. The predicted octanol–water partition coefficient (Wildman–Crippen LogP) is 3.11. The van der Waals surface area contributed by atoms with Gasteiger partial charge in [-0.25, -0.2) is 4.39 Å². The molecule has 0 saturated carbocycles. The highest BCUT2D eigenvalue weighted by molar-refractivity contribution is 7.11. The van der Waals surface area contributed by atoms with Gasteiger partial charge >= 0.3 is 12.1 Å². The third-order valence-corrected chi connectivity index (χ3v) is 3.69. The first-order valence-corrected chi connectivity index (χ1v) is 6.47. The molecular formula is C12H8F4N2O2S. The van der Waals surface area contributed by atoms with E-state index >= 15 is 0 Å². The minimum atomic E-state index is -4.67. The van der Waals surface area contributed by atoms with E-state index in [1.807, 2.05) is 0 Å². The molecule has 1 aromatic carbocycles. The average molecular weight is 320 g/mol. The van der Waals surface area contributed by atoms with Gasteiger partial charge in [-0.2, -0.15) is 13.2 Å². The van der Waals surface area contributed by atoms with Gasteiger partial charge in [0.25, 0.3) is 0 Å². The fourth-order valence-electron chi connectivity index (χ4n) is 1.67. The number of carbonyl (C=O) groups is 1. The molecule has 0 bridgehead atoms. The second-order valence-electron chi connectivity index (χ2n) is 4.17. The van der Waals surface area contributed by atoms with E-state index < -0.39 is 28.9 Å². The SMILES string of the molecule is O=C(O)C(Cc1cccc(F)c1)c1nnc(C(F)(F)F)s1. The van der Waals surface area contributed by atoms with Crippen molar-refractivity contribution in [3.8, 4) is 0 Å². The van der Waals surface area contributed by atoms with E-state index in [1.54, 1.807) is 0 Å². The predicted molar refractivity (Wildman–Crippen MR) is 65.4 cm³/mol. The van der Waals surface area contributed by atoms with Crippen LogP contribution in [0, 0.1) is 5.82 Å². The van der Waals surface area contributed by atoms with Gasteiger partial charge in [0.15, 0.2) is 0 Å². The molecule has 0 saturated heterocycles. The van der Waals surface area contributed by atoms with Crippen LogP contribution >= 0.6 is 11.3 Å². The molecule has 0 amide bonds. The summed E-state index contributed by atoms with van der Waals surface area (Å²) in [5.74, 6) is -3.20. The monoisotopic (exact) mass is 320 g/mol. The standard InChI is InChI=1S/C12H8F4N2O2S/c13-7-3-1-2-6(4-7)5-8(10(19)20)9-17-18-11(21-9)12(14,15)16/h1-4,8H,5H2,(H,19,20). The van der Waals surface area contributed by atoms with Crippen LogP contribution in [-0.2, 0) is 17.4 Å². The fraction of sp³-hybridized carbons (Fsp3) is 0.250. The van der Waals surface area contributed by atoms with E-state index in [1.165, 1.54) is 18.2 Å². The van der Waals surface area contributed by atoms with Gasteiger partial charge < -0.3 is 5.11 Å². The first-order valence-electron chi connectivity index (χ1n) is 5.65. The maximum Gasteiger partial charge on any atom is 0.445 e. The van der Waals surface area contributed by atoms with E-state index in [0.29, 0.717) is 5.56 Å². The van der Waals surface area contributed by atoms with Crippen molar-refractivity contribution >= 4 is 17.3 Å². The molecule has 4 nitrogen and oxygen atoms in total. The number of carboxylic acids is 1. The Morgan fingerprint density at radius 3 is 2.57 bits per heavy atom. The van der Waals surface area contributed by atoms with Crippen molar-refractivity contribution in [3.63, 3.8) is 0 Å². The first kappa shape index (κ1) is 15.4. The van der Waals surface area contributed by atoms with Gasteiger partial charge in [-0.1, -0.05) is 23.5 Å². The van der Waals surface area contributed by atoms with Crippen LogP contribution in [-0.4, -0.2) is 21.3 Å². The van der Waals surface area contributed by atoms with Gasteiger partial charge in [0.05, 0.1) is 0 Å². The Bertz CT molecular complexity index is 657. The zero-order chi connectivity index (χ0) is 15.6. The molecule has 21 heavy (non-hydrogen) atoms. The van der Waals surface area contributed by atoms with E-state index in [4.69, 9.17) is 5.11 Å². The molecule has 9 heteroatoms. The summed E-state index contributed by atoms with van der Waals surface area (Å²) in [4.78, 5) is 11.2. The van der Waals surface area contributed by atoms with Gasteiger partial charge in [0.2, 0.25) is 5.01 Å². The van der Waals surface area contributed by atoms with Crippen molar-refractivity contribution in [1.29, 1.82) is 0 Å². The molecule has 1 heterocycles. The number of hydrogen-bond donors (Lipinski definition) is 1. The second-order valence-corrected chi connectivity index (χ2v) is 5.18. The van der Waals surface area contributed by atoms with Crippen molar-refractivity contribution in [3.05, 3.63) is 45.7 Å². The topological polar surface area (TPSA) is 63.1 Å². The van der Waals surface area contributed by atoms with Crippen LogP contribution in [0.2, 0.25) is 0 Å². The summed E-state index contributed by atoms with van der Waals surface area (Å²) in [7, 11) is 0. The highest BCUT2D eigenvalue weighted by atomic mass is 32.1. The summed E-state index contributed by atoms with van der Waals surface area (Å²) in [5, 5.41) is 13.9. The van der Waals surface area contributed by atoms with Crippen LogP contribution in [0.4, 0.5) is 17.6 Å². The lowest BCUT2D eigenvalue weighted by Crippen LogP contribution is -2.14. The summed E-state index contributed by atoms with van der Waals surface area (Å²) >= 11 is 0.178. The number of aliphatic carboxylic acids is 1. The lowest BCUT2D eigenvalue weighted by Gasteiger charge is -2.08. The second kappa shape index (κ2) is 5.76. The van der Waals surface area contributed by atoms with Crippen molar-refractivity contribution in [2.45, 2.75) is 18.5 Å². The number of nitrogens with zero attached hydrogens (tertiary/aromatic N) is 2. The Balaban J connectivity index is 2.27. The zero-order valence-electron chi connectivity index (χ0n) is 10.3. The smallest absolute Gasteiger partial charge is 0.445 e. The lowest BCUT2D eigenvalue weighted by atomic mass is 10.00. The highest BCUT2D eigenvalue weighted by Gasteiger charge is 2.37. The van der Waals surface area contributed by atoms with E-state index in [0.717, 1.165) is 6.07 Å². The molecule has 1 unspecified atom stereocenters. The Hall–Kier alpha value is -2.03. The van der Waals surface area contributed by atoms with Crippen LogP contribution in [0.25, 0.3) is 0 Å². The summed E-state index contributed by atoms with van der Waals surface area (Å²) in [5.41, 5.74) is 0.353. The van der Waals surface area contributed by atoms with Crippen LogP contribution in [0.1, 0.15) is 21.5 Å². The maximum absolute atomic E-state index is 13.1. The van der Waals surface area contributed by atoms with Gasteiger partial charge in [0.1, 0.15) is 16.7 Å². The third kappa shape index (κ3) is 3.75. The van der Waals surface area contributed by atoms with Gasteiger partial charge in [-0.15, -0.1) is 10.2 Å². The van der Waals surface area contributed by atoms with Gasteiger partial charge in [0, 0.05) is 0 Å². The molecular weight excluding hydrogens is 312 g/mol. The fourth-order valence-corrected chi connectivity index (χ4v) is 2.47. The van der Waals surface area contributed by atoms with Crippen molar-refractivity contribution < 1.29 is 27.5 Å². The first-order chi connectivity index (χ1) is 9.77. The zero-order valence-corrected chi connectivity index (χ0v) is 11.1. The molecule has 2 aromatic rings. The van der Waals surface area contributed by atoms with Crippen LogP contribution in [0.5, 0.6) is 0 Å². The summed E-state index contributed by atoms with van der Waals surface area (Å²) in [6, 6.07) is 5.20. The minimum Gasteiger partial charge on any atom is -0.481 e. The number of alkyl halides is 3. The quantitative estimate of drug-likeness (QED) is 0.879. The Morgan fingerprint density at radius 1 is 1.33 bits per heavy atom. The number of carboxylic acid groups (broad SMARTS) is 1. The number of halogens is 4. The molecule has 0 spiro atoms. The molecule has 0 aliphatic carbocycles. The van der Waals surface area contributed by atoms with Crippen LogP contribution in [0.15, 0.2) is 24.3 Å².